The van der Waals surface area contributed by atoms with E-state index >= 15 is 0 Å². The van der Waals surface area contributed by atoms with Crippen LogP contribution in [-0.2, 0) is 11.3 Å². The molecule has 0 aromatic carbocycles. The number of rotatable bonds is 6. The van der Waals surface area contributed by atoms with Gasteiger partial charge in [0.25, 0.3) is 5.56 Å². The highest BCUT2D eigenvalue weighted by Crippen LogP contribution is 2.28. The van der Waals surface area contributed by atoms with E-state index in [0.717, 1.165) is 44.4 Å². The smallest absolute Gasteiger partial charge is 0.268 e. The molecule has 6 heteroatoms. The number of morpholine rings is 1. The van der Waals surface area contributed by atoms with Gasteiger partial charge in [-0.3, -0.25) is 9.69 Å². The predicted octanol–water partition coefficient (Wildman–Crippen LogP) is 0.786. The van der Waals surface area contributed by atoms with E-state index in [9.17, 15) is 4.79 Å². The lowest BCUT2D eigenvalue weighted by Gasteiger charge is -2.31. The molecule has 0 amide bonds. The maximum atomic E-state index is 12.1. The first kappa shape index (κ1) is 14.5. The van der Waals surface area contributed by atoms with Crippen LogP contribution >= 0.6 is 0 Å². The fourth-order valence-corrected chi connectivity index (χ4v) is 2.62. The van der Waals surface area contributed by atoms with Crippen LogP contribution in [0.25, 0.3) is 0 Å². The Kier molecular flexibility index (Phi) is 4.55. The number of hydrogen-bond acceptors (Lipinski definition) is 5. The number of nitrogens with one attached hydrogen (secondary N) is 1. The zero-order chi connectivity index (χ0) is 14.7. The summed E-state index contributed by atoms with van der Waals surface area (Å²) in [5.41, 5.74) is 0.760. The highest BCUT2D eigenvalue weighted by atomic mass is 16.5. The zero-order valence-corrected chi connectivity index (χ0v) is 12.6. The molecule has 6 nitrogen and oxygen atoms in total. The lowest BCUT2D eigenvalue weighted by atomic mass is 10.2. The quantitative estimate of drug-likeness (QED) is 0.840. The van der Waals surface area contributed by atoms with Gasteiger partial charge < -0.3 is 10.1 Å². The lowest BCUT2D eigenvalue weighted by molar-refractivity contribution is -0.0364. The third-order valence-electron chi connectivity index (χ3n) is 4.21. The molecule has 0 spiro atoms. The third-order valence-corrected chi connectivity index (χ3v) is 4.21. The first-order valence-electron chi connectivity index (χ1n) is 7.89. The van der Waals surface area contributed by atoms with Crippen molar-refractivity contribution in [2.75, 3.05) is 38.1 Å². The maximum absolute atomic E-state index is 12.1. The van der Waals surface area contributed by atoms with Gasteiger partial charge in [0.15, 0.2) is 0 Å². The van der Waals surface area contributed by atoms with Gasteiger partial charge in [0.1, 0.15) is 0 Å². The average molecular weight is 292 g/mol. The number of likely N-dealkylation sites (N-methyl/N-ethyl adjacent to an activating group) is 1. The van der Waals surface area contributed by atoms with Crippen molar-refractivity contribution in [3.05, 3.63) is 22.6 Å². The third kappa shape index (κ3) is 4.04. The summed E-state index contributed by atoms with van der Waals surface area (Å²) in [7, 11) is 0. The van der Waals surface area contributed by atoms with E-state index < -0.39 is 0 Å². The summed E-state index contributed by atoms with van der Waals surface area (Å²) >= 11 is 0. The number of ether oxygens (including phenoxy) is 1. The molecule has 1 aliphatic carbocycles. The zero-order valence-electron chi connectivity index (χ0n) is 12.6. The molecule has 1 atom stereocenters. The van der Waals surface area contributed by atoms with Gasteiger partial charge in [-0.2, -0.15) is 5.10 Å². The first-order valence-corrected chi connectivity index (χ1v) is 7.89. The Morgan fingerprint density at radius 2 is 2.33 bits per heavy atom. The van der Waals surface area contributed by atoms with Crippen LogP contribution in [0.5, 0.6) is 0 Å². The van der Waals surface area contributed by atoms with Crippen molar-refractivity contribution in [1.82, 2.24) is 14.7 Å². The van der Waals surface area contributed by atoms with Gasteiger partial charge in [0.05, 0.1) is 31.1 Å². The van der Waals surface area contributed by atoms with Gasteiger partial charge in [-0.25, -0.2) is 4.68 Å². The Balaban J connectivity index is 1.58. The second-order valence-electron chi connectivity index (χ2n) is 5.97. The second kappa shape index (κ2) is 6.58. The fourth-order valence-electron chi connectivity index (χ4n) is 2.62. The maximum Gasteiger partial charge on any atom is 0.268 e. The molecule has 1 aromatic heterocycles. The summed E-state index contributed by atoms with van der Waals surface area (Å²) in [4.78, 5) is 14.5. The SMILES string of the molecule is CCN1CCOC(Cn2ncc(NCC3CC3)cc2=O)C1. The van der Waals surface area contributed by atoms with Crippen molar-refractivity contribution in [1.29, 1.82) is 0 Å². The van der Waals surface area contributed by atoms with Gasteiger partial charge in [-0.15, -0.1) is 0 Å². The van der Waals surface area contributed by atoms with E-state index in [0.29, 0.717) is 6.54 Å². The highest BCUT2D eigenvalue weighted by molar-refractivity contribution is 5.38. The van der Waals surface area contributed by atoms with Crippen LogP contribution in [0.4, 0.5) is 5.69 Å². The molecule has 1 aliphatic heterocycles. The summed E-state index contributed by atoms with van der Waals surface area (Å²) in [5.74, 6) is 0.781. The minimum absolute atomic E-state index is 0.0502. The number of anilines is 1. The summed E-state index contributed by atoms with van der Waals surface area (Å²) < 4.78 is 7.24. The van der Waals surface area contributed by atoms with Crippen LogP contribution in [-0.4, -0.2) is 53.6 Å². The van der Waals surface area contributed by atoms with Crippen LogP contribution in [0.2, 0.25) is 0 Å². The molecular formula is C15H24N4O2. The van der Waals surface area contributed by atoms with Gasteiger partial charge in [-0.05, 0) is 25.3 Å². The predicted molar refractivity (Wildman–Crippen MR) is 81.6 cm³/mol. The molecule has 0 bridgehead atoms. The van der Waals surface area contributed by atoms with Crippen LogP contribution < -0.4 is 10.9 Å². The number of hydrogen-bond donors (Lipinski definition) is 1. The molecule has 3 rings (SSSR count). The summed E-state index contributed by atoms with van der Waals surface area (Å²) in [6.07, 6.45) is 4.38. The van der Waals surface area contributed by atoms with Gasteiger partial charge in [0.2, 0.25) is 0 Å². The normalized spacial score (nSPS) is 23.2. The molecule has 1 N–H and O–H groups in total. The van der Waals surface area contributed by atoms with Crippen LogP contribution in [0, 0.1) is 5.92 Å². The van der Waals surface area contributed by atoms with E-state index in [2.05, 4.69) is 22.2 Å². The monoisotopic (exact) mass is 292 g/mol. The van der Waals surface area contributed by atoms with E-state index in [-0.39, 0.29) is 11.7 Å². The summed E-state index contributed by atoms with van der Waals surface area (Å²) in [6.45, 7) is 7.21. The molecule has 0 radical (unpaired) electrons. The topological polar surface area (TPSA) is 59.4 Å². The minimum Gasteiger partial charge on any atom is -0.383 e. The van der Waals surface area contributed by atoms with Crippen LogP contribution in [0.15, 0.2) is 17.1 Å². The largest absolute Gasteiger partial charge is 0.383 e. The molecule has 116 valence electrons. The van der Waals surface area contributed by atoms with E-state index in [4.69, 9.17) is 4.74 Å². The van der Waals surface area contributed by atoms with Crippen molar-refractivity contribution in [3.63, 3.8) is 0 Å². The van der Waals surface area contributed by atoms with E-state index in [1.165, 1.54) is 17.5 Å². The van der Waals surface area contributed by atoms with E-state index in [1.54, 1.807) is 12.3 Å². The standard InChI is InChI=1S/C15H24N4O2/c1-2-18-5-6-21-14(10-18)11-19-15(20)7-13(9-17-19)16-8-12-3-4-12/h7,9,12,14,16H,2-6,8,10-11H2,1H3. The molecule has 1 aromatic rings. The van der Waals surface area contributed by atoms with Gasteiger partial charge >= 0.3 is 0 Å². The molecule has 1 saturated carbocycles. The second-order valence-corrected chi connectivity index (χ2v) is 5.97. The van der Waals surface area contributed by atoms with Gasteiger partial charge in [-0.1, -0.05) is 6.92 Å². The summed E-state index contributed by atoms with van der Waals surface area (Å²) in [6, 6.07) is 1.63. The molecular weight excluding hydrogens is 268 g/mol. The average Bonchev–Trinajstić information content (AvgIpc) is 3.32. The van der Waals surface area contributed by atoms with Crippen molar-refractivity contribution in [3.8, 4) is 0 Å². The molecule has 1 saturated heterocycles. The Morgan fingerprint density at radius 3 is 3.05 bits per heavy atom. The van der Waals surface area contributed by atoms with Gasteiger partial charge in [0, 0.05) is 25.7 Å². The Hall–Kier alpha value is -1.40. The first-order chi connectivity index (χ1) is 10.2. The van der Waals surface area contributed by atoms with Crippen molar-refractivity contribution >= 4 is 5.69 Å². The fraction of sp³-hybridized carbons (Fsp3) is 0.733. The number of aromatic nitrogens is 2. The van der Waals surface area contributed by atoms with Crippen molar-refractivity contribution in [2.45, 2.75) is 32.4 Å². The Morgan fingerprint density at radius 1 is 1.48 bits per heavy atom. The number of nitrogens with zero attached hydrogens (tertiary/aromatic N) is 3. The minimum atomic E-state index is -0.0620. The molecule has 2 aliphatic rings. The lowest BCUT2D eigenvalue weighted by Crippen LogP contribution is -2.45. The molecule has 2 heterocycles. The van der Waals surface area contributed by atoms with E-state index in [1.807, 2.05) is 0 Å². The molecule has 1 unspecified atom stereocenters. The molecule has 21 heavy (non-hydrogen) atoms. The van der Waals surface area contributed by atoms with Crippen molar-refractivity contribution < 1.29 is 4.74 Å². The Labute approximate surface area is 125 Å². The summed E-state index contributed by atoms with van der Waals surface area (Å²) in [5, 5.41) is 7.54. The van der Waals surface area contributed by atoms with Crippen LogP contribution in [0.1, 0.15) is 19.8 Å². The highest BCUT2D eigenvalue weighted by Gasteiger charge is 2.22. The van der Waals surface area contributed by atoms with Crippen molar-refractivity contribution in [2.24, 2.45) is 5.92 Å². The molecule has 2 fully saturated rings. The Bertz CT molecular complexity index is 527. The van der Waals surface area contributed by atoms with Crippen LogP contribution in [0.3, 0.4) is 0 Å².